The van der Waals surface area contributed by atoms with E-state index in [1.807, 2.05) is 6.08 Å². The molecule has 0 aromatic rings. The summed E-state index contributed by atoms with van der Waals surface area (Å²) >= 11 is 0. The van der Waals surface area contributed by atoms with Gasteiger partial charge in [-0.15, -0.1) is 0 Å². The lowest BCUT2D eigenvalue weighted by molar-refractivity contribution is -0.0357. The predicted octanol–water partition coefficient (Wildman–Crippen LogP) is 3.82. The van der Waals surface area contributed by atoms with Crippen molar-refractivity contribution in [3.05, 3.63) is 47.2 Å². The van der Waals surface area contributed by atoms with Gasteiger partial charge in [0.05, 0.1) is 17.5 Å². The van der Waals surface area contributed by atoms with Gasteiger partial charge in [-0.1, -0.05) is 12.2 Å². The van der Waals surface area contributed by atoms with Crippen LogP contribution in [0.15, 0.2) is 52.2 Å². The highest BCUT2D eigenvalue weighted by Gasteiger charge is 2.58. The van der Waals surface area contributed by atoms with E-state index in [0.717, 1.165) is 47.2 Å². The zero-order valence-corrected chi connectivity index (χ0v) is 13.3. The number of ether oxygens (including phenoxy) is 1. The molecule has 4 bridgehead atoms. The molecule has 2 aliphatic heterocycles. The standard InChI is InChI=1S/C20H22N2O/c1-2-14-3-4-17-18(19(14)23-5-1)22-20(11-21-17)15-7-12-6-13(9-15)10-16(20)8-12/h1-2,4-5,11-13,15-16,22H,3,6-10H2. The molecule has 0 radical (unpaired) electrons. The smallest absolute Gasteiger partial charge is 0.155 e. The average Bonchev–Trinajstić information content (AvgIpc) is 2.59. The second kappa shape index (κ2) is 4.19. The topological polar surface area (TPSA) is 33.6 Å². The molecule has 1 spiro atoms. The van der Waals surface area contributed by atoms with E-state index >= 15 is 0 Å². The molecule has 7 aliphatic rings. The number of nitrogens with zero attached hydrogens (tertiary/aromatic N) is 1. The SMILES string of the molecule is C1=COC2=C3NC4(C=NC3=CCC2=C1)C1CC2CC(C1)CC4C2. The summed E-state index contributed by atoms with van der Waals surface area (Å²) in [6.07, 6.45) is 18.4. The van der Waals surface area contributed by atoms with Gasteiger partial charge >= 0.3 is 0 Å². The summed E-state index contributed by atoms with van der Waals surface area (Å²) < 4.78 is 5.89. The molecule has 118 valence electrons. The maximum absolute atomic E-state index is 5.89. The first kappa shape index (κ1) is 12.6. The molecule has 7 rings (SSSR count). The molecule has 0 aromatic heterocycles. The molecule has 0 aromatic carbocycles. The molecule has 23 heavy (non-hydrogen) atoms. The van der Waals surface area contributed by atoms with Crippen LogP contribution in [0.25, 0.3) is 0 Å². The van der Waals surface area contributed by atoms with Crippen molar-refractivity contribution in [3.8, 4) is 0 Å². The van der Waals surface area contributed by atoms with E-state index in [9.17, 15) is 0 Å². The summed E-state index contributed by atoms with van der Waals surface area (Å²) in [6.45, 7) is 0. The van der Waals surface area contributed by atoms with Crippen LogP contribution in [-0.2, 0) is 4.74 Å². The fraction of sp³-hybridized carbons (Fsp3) is 0.550. The summed E-state index contributed by atoms with van der Waals surface area (Å²) in [7, 11) is 0. The van der Waals surface area contributed by atoms with Crippen LogP contribution < -0.4 is 5.32 Å². The normalized spacial score (nSPS) is 45.2. The largest absolute Gasteiger partial charge is 0.462 e. The molecule has 0 unspecified atom stereocenters. The monoisotopic (exact) mass is 306 g/mol. The third kappa shape index (κ3) is 1.58. The Morgan fingerprint density at radius 3 is 2.65 bits per heavy atom. The van der Waals surface area contributed by atoms with E-state index in [1.165, 1.54) is 37.7 Å². The molecule has 3 heteroatoms. The van der Waals surface area contributed by atoms with E-state index in [0.29, 0.717) is 0 Å². The van der Waals surface area contributed by atoms with Gasteiger partial charge in [-0.3, -0.25) is 4.99 Å². The van der Waals surface area contributed by atoms with Gasteiger partial charge < -0.3 is 10.1 Å². The first-order valence-corrected chi connectivity index (χ1v) is 9.13. The van der Waals surface area contributed by atoms with E-state index in [4.69, 9.17) is 9.73 Å². The Balaban J connectivity index is 1.47. The molecular weight excluding hydrogens is 284 g/mol. The van der Waals surface area contributed by atoms with Crippen LogP contribution in [0.5, 0.6) is 0 Å². The Morgan fingerprint density at radius 2 is 1.87 bits per heavy atom. The highest BCUT2D eigenvalue weighted by atomic mass is 16.5. The van der Waals surface area contributed by atoms with Crippen LogP contribution in [0.4, 0.5) is 0 Å². The Bertz CT molecular complexity index is 709. The third-order valence-corrected chi connectivity index (χ3v) is 7.10. The van der Waals surface area contributed by atoms with Crippen LogP contribution in [-0.4, -0.2) is 11.8 Å². The highest BCUT2D eigenvalue weighted by Crippen LogP contribution is 2.59. The van der Waals surface area contributed by atoms with Gasteiger partial charge in [0.1, 0.15) is 5.70 Å². The Labute approximate surface area is 136 Å². The van der Waals surface area contributed by atoms with Crippen molar-refractivity contribution >= 4 is 6.21 Å². The number of rotatable bonds is 0. The summed E-state index contributed by atoms with van der Waals surface area (Å²) in [6, 6.07) is 0. The summed E-state index contributed by atoms with van der Waals surface area (Å²) in [5.41, 5.74) is 3.57. The molecule has 0 atom stereocenters. The minimum atomic E-state index is 0.0834. The zero-order chi connectivity index (χ0) is 15.0. The molecule has 5 aliphatic carbocycles. The minimum Gasteiger partial charge on any atom is -0.462 e. The van der Waals surface area contributed by atoms with Gasteiger partial charge in [0, 0.05) is 11.8 Å². The van der Waals surface area contributed by atoms with E-state index in [1.54, 1.807) is 6.26 Å². The van der Waals surface area contributed by atoms with Crippen molar-refractivity contribution in [2.24, 2.45) is 28.7 Å². The Hall–Kier alpha value is -1.77. The van der Waals surface area contributed by atoms with Crippen molar-refractivity contribution in [1.29, 1.82) is 0 Å². The van der Waals surface area contributed by atoms with Crippen molar-refractivity contribution in [2.45, 2.75) is 44.1 Å². The van der Waals surface area contributed by atoms with Crippen LogP contribution >= 0.6 is 0 Å². The lowest BCUT2D eigenvalue weighted by atomic mass is 9.48. The van der Waals surface area contributed by atoms with Crippen molar-refractivity contribution < 1.29 is 4.74 Å². The number of allylic oxidation sites excluding steroid dienone is 4. The Kier molecular flexibility index (Phi) is 2.30. The summed E-state index contributed by atoms with van der Waals surface area (Å²) in [5, 5.41) is 3.98. The number of hydrogen-bond acceptors (Lipinski definition) is 3. The molecule has 1 N–H and O–H groups in total. The molecule has 0 amide bonds. The lowest BCUT2D eigenvalue weighted by Gasteiger charge is -2.61. The van der Waals surface area contributed by atoms with E-state index < -0.39 is 0 Å². The second-order valence-electron chi connectivity index (χ2n) is 8.26. The van der Waals surface area contributed by atoms with Crippen molar-refractivity contribution in [3.63, 3.8) is 0 Å². The van der Waals surface area contributed by atoms with Gasteiger partial charge in [-0.05, 0) is 68.3 Å². The van der Waals surface area contributed by atoms with Crippen LogP contribution in [0, 0.1) is 23.7 Å². The van der Waals surface area contributed by atoms with Crippen molar-refractivity contribution in [1.82, 2.24) is 5.32 Å². The van der Waals surface area contributed by atoms with Gasteiger partial charge in [0.15, 0.2) is 5.76 Å². The first-order chi connectivity index (χ1) is 11.3. The van der Waals surface area contributed by atoms with Gasteiger partial charge in [-0.25, -0.2) is 0 Å². The van der Waals surface area contributed by atoms with E-state index in [2.05, 4.69) is 23.7 Å². The minimum absolute atomic E-state index is 0.0834. The van der Waals surface area contributed by atoms with Gasteiger partial charge in [0.2, 0.25) is 0 Å². The number of aliphatic imine (C=N–C) groups is 1. The third-order valence-electron chi connectivity index (χ3n) is 7.10. The molecule has 4 saturated carbocycles. The van der Waals surface area contributed by atoms with Crippen molar-refractivity contribution in [2.75, 3.05) is 0 Å². The molecular formula is C20H22N2O. The first-order valence-electron chi connectivity index (χ1n) is 9.13. The molecule has 0 saturated heterocycles. The quantitative estimate of drug-likeness (QED) is 0.738. The van der Waals surface area contributed by atoms with Gasteiger partial charge in [0.25, 0.3) is 0 Å². The zero-order valence-electron chi connectivity index (χ0n) is 13.3. The highest BCUT2D eigenvalue weighted by molar-refractivity contribution is 5.78. The lowest BCUT2D eigenvalue weighted by Crippen LogP contribution is -2.66. The molecule has 2 heterocycles. The molecule has 3 nitrogen and oxygen atoms in total. The van der Waals surface area contributed by atoms with Gasteiger partial charge in [-0.2, -0.15) is 0 Å². The number of hydrogen-bond donors (Lipinski definition) is 1. The average molecular weight is 306 g/mol. The number of fused-ring (bicyclic) bond motifs is 2. The van der Waals surface area contributed by atoms with Crippen LogP contribution in [0.2, 0.25) is 0 Å². The fourth-order valence-corrected chi connectivity index (χ4v) is 6.26. The molecule has 4 fully saturated rings. The van der Waals surface area contributed by atoms with E-state index in [-0.39, 0.29) is 5.54 Å². The maximum Gasteiger partial charge on any atom is 0.155 e. The summed E-state index contributed by atoms with van der Waals surface area (Å²) in [4.78, 5) is 4.93. The maximum atomic E-state index is 5.89. The predicted molar refractivity (Wildman–Crippen MR) is 89.4 cm³/mol. The Morgan fingerprint density at radius 1 is 1.09 bits per heavy atom. The summed E-state index contributed by atoms with van der Waals surface area (Å²) in [5.74, 6) is 4.47. The van der Waals surface area contributed by atoms with Crippen LogP contribution in [0.3, 0.4) is 0 Å². The fourth-order valence-electron chi connectivity index (χ4n) is 6.26. The number of nitrogens with one attached hydrogen (secondary N) is 1. The van der Waals surface area contributed by atoms with Crippen LogP contribution in [0.1, 0.15) is 38.5 Å². The second-order valence-corrected chi connectivity index (χ2v) is 8.26.